The fourth-order valence-electron chi connectivity index (χ4n) is 2.09. The van der Waals surface area contributed by atoms with Crippen molar-refractivity contribution in [1.82, 2.24) is 20.2 Å². The van der Waals surface area contributed by atoms with Gasteiger partial charge in [0.1, 0.15) is 11.4 Å². The molecule has 20 heavy (non-hydrogen) atoms. The number of amides is 1. The predicted octanol–water partition coefficient (Wildman–Crippen LogP) is 1.24. The summed E-state index contributed by atoms with van der Waals surface area (Å²) in [4.78, 5) is 31.2. The van der Waals surface area contributed by atoms with Gasteiger partial charge in [-0.2, -0.15) is 5.10 Å². The van der Waals surface area contributed by atoms with Gasteiger partial charge in [0.25, 0.3) is 11.5 Å². The number of nitrogens with zero attached hydrogens (tertiary/aromatic N) is 2. The lowest BCUT2D eigenvalue weighted by molar-refractivity contribution is 0.102. The Morgan fingerprint density at radius 3 is 2.70 bits per heavy atom. The lowest BCUT2D eigenvalue weighted by Crippen LogP contribution is -2.27. The molecule has 1 aliphatic carbocycles. The van der Waals surface area contributed by atoms with Gasteiger partial charge in [0.2, 0.25) is 0 Å². The molecule has 7 nitrogen and oxygen atoms in total. The van der Waals surface area contributed by atoms with Gasteiger partial charge in [-0.3, -0.25) is 14.7 Å². The van der Waals surface area contributed by atoms with Gasteiger partial charge < -0.3 is 10.3 Å². The maximum Gasteiger partial charge on any atom is 0.264 e. The molecule has 0 radical (unpaired) electrons. The molecule has 7 heteroatoms. The van der Waals surface area contributed by atoms with Crippen LogP contribution in [0.25, 0.3) is 0 Å². The minimum absolute atomic E-state index is 0.0371. The van der Waals surface area contributed by atoms with E-state index in [0.29, 0.717) is 23.3 Å². The Kier molecular flexibility index (Phi) is 2.89. The number of H-pyrrole nitrogens is 2. The van der Waals surface area contributed by atoms with Crippen molar-refractivity contribution in [3.8, 4) is 0 Å². The van der Waals surface area contributed by atoms with Gasteiger partial charge in [-0.05, 0) is 26.7 Å². The zero-order valence-electron chi connectivity index (χ0n) is 11.3. The summed E-state index contributed by atoms with van der Waals surface area (Å²) < 4.78 is 0. The molecule has 0 spiro atoms. The lowest BCUT2D eigenvalue weighted by atomic mass is 10.2. The van der Waals surface area contributed by atoms with Crippen LogP contribution < -0.4 is 10.9 Å². The van der Waals surface area contributed by atoms with Gasteiger partial charge >= 0.3 is 0 Å². The van der Waals surface area contributed by atoms with Crippen LogP contribution in [0.15, 0.2) is 10.9 Å². The Balaban J connectivity index is 1.89. The first-order valence-corrected chi connectivity index (χ1v) is 6.49. The van der Waals surface area contributed by atoms with E-state index in [9.17, 15) is 9.59 Å². The molecule has 1 aliphatic rings. The molecule has 2 aromatic rings. The second-order valence-electron chi connectivity index (χ2n) is 5.08. The third-order valence-corrected chi connectivity index (χ3v) is 3.26. The average molecular weight is 273 g/mol. The number of anilines is 1. The SMILES string of the molecule is Cc1cc(NC(=O)c2c(C)nc(C3CC3)[nH]c2=O)n[nH]1. The van der Waals surface area contributed by atoms with Crippen molar-refractivity contribution >= 4 is 11.7 Å². The maximum absolute atomic E-state index is 12.1. The quantitative estimate of drug-likeness (QED) is 0.782. The zero-order valence-corrected chi connectivity index (χ0v) is 11.3. The van der Waals surface area contributed by atoms with Crippen LogP contribution in [0, 0.1) is 13.8 Å². The first kappa shape index (κ1) is 12.6. The zero-order chi connectivity index (χ0) is 14.3. The van der Waals surface area contributed by atoms with E-state index in [-0.39, 0.29) is 5.56 Å². The fraction of sp³-hybridized carbons (Fsp3) is 0.385. The van der Waals surface area contributed by atoms with Crippen LogP contribution in [-0.2, 0) is 0 Å². The standard InChI is InChI=1S/C13H15N5O2/c1-6-5-9(18-17-6)15-12(19)10-7(2)14-11(8-3-4-8)16-13(10)20/h5,8H,3-4H2,1-2H3,(H,14,16,20)(H2,15,17,18,19). The highest BCUT2D eigenvalue weighted by Gasteiger charge is 2.28. The van der Waals surface area contributed by atoms with Crippen LogP contribution in [0.3, 0.4) is 0 Å². The van der Waals surface area contributed by atoms with Crippen molar-refractivity contribution in [2.75, 3.05) is 5.32 Å². The van der Waals surface area contributed by atoms with Crippen LogP contribution in [-0.4, -0.2) is 26.1 Å². The summed E-state index contributed by atoms with van der Waals surface area (Å²) in [5.74, 6) is 0.912. The monoisotopic (exact) mass is 273 g/mol. The third-order valence-electron chi connectivity index (χ3n) is 3.26. The molecule has 0 unspecified atom stereocenters. The number of carbonyl (C=O) groups is 1. The van der Waals surface area contributed by atoms with Gasteiger partial charge in [-0.15, -0.1) is 0 Å². The number of hydrogen-bond donors (Lipinski definition) is 3. The number of hydrogen-bond acceptors (Lipinski definition) is 4. The molecule has 0 saturated heterocycles. The van der Waals surface area contributed by atoms with Gasteiger partial charge in [0, 0.05) is 17.7 Å². The van der Waals surface area contributed by atoms with Crippen LogP contribution in [0.5, 0.6) is 0 Å². The molecule has 2 heterocycles. The third kappa shape index (κ3) is 2.34. The molecule has 0 bridgehead atoms. The Morgan fingerprint density at radius 2 is 2.15 bits per heavy atom. The minimum atomic E-state index is -0.495. The fourth-order valence-corrected chi connectivity index (χ4v) is 2.09. The molecular formula is C13H15N5O2. The number of carbonyl (C=O) groups excluding carboxylic acids is 1. The summed E-state index contributed by atoms with van der Waals surface area (Å²) in [6.45, 7) is 3.50. The van der Waals surface area contributed by atoms with Crippen LogP contribution in [0.1, 0.15) is 46.3 Å². The van der Waals surface area contributed by atoms with Gasteiger partial charge in [0.05, 0.1) is 5.69 Å². The molecule has 1 saturated carbocycles. The van der Waals surface area contributed by atoms with Crippen LogP contribution in [0.2, 0.25) is 0 Å². The maximum atomic E-state index is 12.1. The molecule has 0 aromatic carbocycles. The summed E-state index contributed by atoms with van der Waals surface area (Å²) >= 11 is 0. The van der Waals surface area contributed by atoms with Crippen molar-refractivity contribution < 1.29 is 4.79 Å². The van der Waals surface area contributed by atoms with E-state index in [4.69, 9.17) is 0 Å². The number of aromatic amines is 2. The lowest BCUT2D eigenvalue weighted by Gasteiger charge is -2.06. The number of nitrogens with one attached hydrogen (secondary N) is 3. The first-order chi connectivity index (χ1) is 9.54. The van der Waals surface area contributed by atoms with Crippen molar-refractivity contribution in [1.29, 1.82) is 0 Å². The van der Waals surface area contributed by atoms with Gasteiger partial charge in [-0.25, -0.2) is 4.98 Å². The Bertz CT molecular complexity index is 727. The second kappa shape index (κ2) is 4.59. The van der Waals surface area contributed by atoms with Crippen molar-refractivity contribution in [3.05, 3.63) is 39.2 Å². The molecule has 0 aliphatic heterocycles. The predicted molar refractivity (Wildman–Crippen MR) is 72.8 cm³/mol. The van der Waals surface area contributed by atoms with Crippen LogP contribution in [0.4, 0.5) is 5.82 Å². The van der Waals surface area contributed by atoms with Gasteiger partial charge in [0.15, 0.2) is 5.82 Å². The second-order valence-corrected chi connectivity index (χ2v) is 5.08. The van der Waals surface area contributed by atoms with E-state index in [1.165, 1.54) is 0 Å². The Hall–Kier alpha value is -2.44. The molecule has 3 rings (SSSR count). The van der Waals surface area contributed by atoms with Crippen molar-refractivity contribution in [2.45, 2.75) is 32.6 Å². The smallest absolute Gasteiger partial charge is 0.264 e. The molecule has 2 aromatic heterocycles. The van der Waals surface area contributed by atoms with E-state index in [1.54, 1.807) is 13.0 Å². The highest BCUT2D eigenvalue weighted by atomic mass is 16.2. The minimum Gasteiger partial charge on any atom is -0.310 e. The highest BCUT2D eigenvalue weighted by Crippen LogP contribution is 2.37. The molecule has 0 atom stereocenters. The molecule has 1 fully saturated rings. The van der Waals surface area contributed by atoms with Crippen LogP contribution >= 0.6 is 0 Å². The number of aryl methyl sites for hydroxylation is 2. The molecule has 1 amide bonds. The van der Waals surface area contributed by atoms with Crippen molar-refractivity contribution in [3.63, 3.8) is 0 Å². The van der Waals surface area contributed by atoms with E-state index in [2.05, 4.69) is 25.5 Å². The average Bonchev–Trinajstić information content (AvgIpc) is 3.13. The van der Waals surface area contributed by atoms with E-state index < -0.39 is 11.5 Å². The highest BCUT2D eigenvalue weighted by molar-refractivity contribution is 6.04. The largest absolute Gasteiger partial charge is 0.310 e. The molecule has 104 valence electrons. The summed E-state index contributed by atoms with van der Waals surface area (Å²) in [6, 6.07) is 1.69. The van der Waals surface area contributed by atoms with E-state index in [1.807, 2.05) is 6.92 Å². The summed E-state index contributed by atoms with van der Waals surface area (Å²) in [5, 5.41) is 9.21. The van der Waals surface area contributed by atoms with Crippen molar-refractivity contribution in [2.24, 2.45) is 0 Å². The first-order valence-electron chi connectivity index (χ1n) is 6.49. The Morgan fingerprint density at radius 1 is 1.40 bits per heavy atom. The van der Waals surface area contributed by atoms with Gasteiger partial charge in [-0.1, -0.05) is 0 Å². The normalized spacial score (nSPS) is 14.3. The summed E-state index contributed by atoms with van der Waals surface area (Å²) in [7, 11) is 0. The number of aromatic nitrogens is 4. The number of rotatable bonds is 3. The Labute approximate surface area is 114 Å². The molecule has 3 N–H and O–H groups in total. The van der Waals surface area contributed by atoms with E-state index in [0.717, 1.165) is 18.5 Å². The summed E-state index contributed by atoms with van der Waals surface area (Å²) in [6.07, 6.45) is 2.08. The topological polar surface area (TPSA) is 104 Å². The summed E-state index contributed by atoms with van der Waals surface area (Å²) in [5.41, 5.74) is 0.910. The van der Waals surface area contributed by atoms with E-state index >= 15 is 0 Å². The molecular weight excluding hydrogens is 258 g/mol.